The van der Waals surface area contributed by atoms with E-state index in [1.54, 1.807) is 12.1 Å². The number of hydrogen-bond donors (Lipinski definition) is 1. The maximum absolute atomic E-state index is 11.3. The summed E-state index contributed by atoms with van der Waals surface area (Å²) in [6, 6.07) is 33.9. The molecular formula is C31H28N2O2. The molecule has 4 nitrogen and oxygen atoms in total. The van der Waals surface area contributed by atoms with Crippen molar-refractivity contribution in [3.05, 3.63) is 141 Å². The maximum Gasteiger partial charge on any atom is 0.269 e. The first-order valence-corrected chi connectivity index (χ1v) is 12.2. The Balaban J connectivity index is 1.65. The standard InChI is InChI=1S/C31H28N2O2/c1-21-7-13-24(14-8-21)31(25-15-9-22(2)10-16-25)27-5-3-4-6-28(27)32-29(30(31)19-20-30)23-11-17-26(18-12-23)33(34)35/h3-18,29,32H,19-20H2,1-2H3. The van der Waals surface area contributed by atoms with Gasteiger partial charge in [0.05, 0.1) is 16.4 Å². The Morgan fingerprint density at radius 2 is 1.31 bits per heavy atom. The van der Waals surface area contributed by atoms with E-state index in [4.69, 9.17) is 0 Å². The number of nitrogens with zero attached hydrogens (tertiary/aromatic N) is 1. The molecule has 1 spiro atoms. The molecule has 35 heavy (non-hydrogen) atoms. The number of fused-ring (bicyclic) bond motifs is 1. The molecule has 0 radical (unpaired) electrons. The third-order valence-corrected chi connectivity index (χ3v) is 8.13. The average molecular weight is 461 g/mol. The van der Waals surface area contributed by atoms with Crippen molar-refractivity contribution < 1.29 is 4.92 Å². The predicted molar refractivity (Wildman–Crippen MR) is 140 cm³/mol. The van der Waals surface area contributed by atoms with E-state index >= 15 is 0 Å². The minimum atomic E-state index is -0.345. The van der Waals surface area contributed by atoms with E-state index in [2.05, 4.69) is 92.0 Å². The lowest BCUT2D eigenvalue weighted by atomic mass is 9.54. The molecule has 1 atom stereocenters. The molecule has 0 bridgehead atoms. The number of hydrogen-bond acceptors (Lipinski definition) is 3. The summed E-state index contributed by atoms with van der Waals surface area (Å²) in [7, 11) is 0. The van der Waals surface area contributed by atoms with Gasteiger partial charge < -0.3 is 5.32 Å². The highest BCUT2D eigenvalue weighted by atomic mass is 16.6. The Morgan fingerprint density at radius 1 is 0.771 bits per heavy atom. The largest absolute Gasteiger partial charge is 0.377 e. The molecule has 2 aliphatic rings. The molecule has 4 aromatic rings. The van der Waals surface area contributed by atoms with Crippen LogP contribution >= 0.6 is 0 Å². The molecule has 174 valence electrons. The van der Waals surface area contributed by atoms with Crippen molar-refractivity contribution in [3.8, 4) is 0 Å². The van der Waals surface area contributed by atoms with Gasteiger partial charge in [-0.3, -0.25) is 10.1 Å². The number of nitrogens with one attached hydrogen (secondary N) is 1. The fourth-order valence-electron chi connectivity index (χ4n) is 6.36. The fourth-order valence-corrected chi connectivity index (χ4v) is 6.36. The minimum Gasteiger partial charge on any atom is -0.377 e. The third-order valence-electron chi connectivity index (χ3n) is 8.13. The Kier molecular flexibility index (Phi) is 4.82. The van der Waals surface area contributed by atoms with Crippen molar-refractivity contribution in [1.29, 1.82) is 0 Å². The van der Waals surface area contributed by atoms with Crippen molar-refractivity contribution in [3.63, 3.8) is 0 Å². The van der Waals surface area contributed by atoms with E-state index in [9.17, 15) is 10.1 Å². The van der Waals surface area contributed by atoms with Gasteiger partial charge in [0.2, 0.25) is 0 Å². The molecule has 4 heteroatoms. The summed E-state index contributed by atoms with van der Waals surface area (Å²) in [6.45, 7) is 4.26. The SMILES string of the molecule is Cc1ccc(C2(c3ccc(C)cc3)c3ccccc3NC(c3ccc([N+](=O)[O-])cc3)C23CC3)cc1. The predicted octanol–water partition coefficient (Wildman–Crippen LogP) is 7.49. The van der Waals surface area contributed by atoms with Gasteiger partial charge in [0, 0.05) is 23.2 Å². The Labute approximate surface area is 205 Å². The van der Waals surface area contributed by atoms with E-state index in [-0.39, 0.29) is 27.5 Å². The van der Waals surface area contributed by atoms with Crippen LogP contribution in [0.1, 0.15) is 52.3 Å². The van der Waals surface area contributed by atoms with Crippen LogP contribution in [-0.4, -0.2) is 4.92 Å². The number of nitro benzene ring substituents is 1. The summed E-state index contributed by atoms with van der Waals surface area (Å²) in [5.41, 5.74) is 8.27. The Morgan fingerprint density at radius 3 is 1.83 bits per heavy atom. The second-order valence-corrected chi connectivity index (χ2v) is 10.1. The minimum absolute atomic E-state index is 0.0285. The van der Waals surface area contributed by atoms with Crippen molar-refractivity contribution in [1.82, 2.24) is 0 Å². The monoisotopic (exact) mass is 460 g/mol. The summed E-state index contributed by atoms with van der Waals surface area (Å²) in [4.78, 5) is 11.0. The Hall–Kier alpha value is -3.92. The normalized spacial score (nSPS) is 19.0. The van der Waals surface area contributed by atoms with Crippen LogP contribution in [0.25, 0.3) is 0 Å². The van der Waals surface area contributed by atoms with Crippen LogP contribution < -0.4 is 5.32 Å². The number of aryl methyl sites for hydroxylation is 2. The van der Waals surface area contributed by atoms with Crippen LogP contribution in [0.4, 0.5) is 11.4 Å². The number of anilines is 1. The molecule has 1 N–H and O–H groups in total. The van der Waals surface area contributed by atoms with Gasteiger partial charge in [-0.1, -0.05) is 90.0 Å². The highest BCUT2D eigenvalue weighted by molar-refractivity contribution is 5.70. The lowest BCUT2D eigenvalue weighted by molar-refractivity contribution is -0.384. The fraction of sp³-hybridized carbons (Fsp3) is 0.226. The van der Waals surface area contributed by atoms with Crippen LogP contribution in [0.2, 0.25) is 0 Å². The van der Waals surface area contributed by atoms with Crippen LogP contribution in [0, 0.1) is 29.4 Å². The van der Waals surface area contributed by atoms with Crippen LogP contribution in [-0.2, 0) is 5.41 Å². The smallest absolute Gasteiger partial charge is 0.269 e. The molecule has 1 aliphatic carbocycles. The number of para-hydroxylation sites is 1. The second-order valence-electron chi connectivity index (χ2n) is 10.1. The maximum atomic E-state index is 11.3. The van der Waals surface area contributed by atoms with Gasteiger partial charge in [-0.05, 0) is 55.0 Å². The van der Waals surface area contributed by atoms with Gasteiger partial charge in [0.15, 0.2) is 0 Å². The lowest BCUT2D eigenvalue weighted by Crippen LogP contribution is -2.48. The van der Waals surface area contributed by atoms with Crippen molar-refractivity contribution in [2.24, 2.45) is 5.41 Å². The van der Waals surface area contributed by atoms with E-state index in [1.807, 2.05) is 12.1 Å². The summed E-state index contributed by atoms with van der Waals surface area (Å²) < 4.78 is 0. The van der Waals surface area contributed by atoms with E-state index < -0.39 is 0 Å². The number of rotatable bonds is 4. The van der Waals surface area contributed by atoms with Gasteiger partial charge in [-0.2, -0.15) is 0 Å². The topological polar surface area (TPSA) is 55.2 Å². The molecule has 4 aromatic carbocycles. The first-order valence-electron chi connectivity index (χ1n) is 12.2. The molecule has 1 unspecified atom stereocenters. The molecule has 1 fully saturated rings. The lowest BCUT2D eigenvalue weighted by Gasteiger charge is -2.52. The van der Waals surface area contributed by atoms with Crippen molar-refractivity contribution in [2.75, 3.05) is 5.32 Å². The zero-order valence-electron chi connectivity index (χ0n) is 20.0. The zero-order chi connectivity index (χ0) is 24.2. The molecule has 1 heterocycles. The highest BCUT2D eigenvalue weighted by Crippen LogP contribution is 2.73. The van der Waals surface area contributed by atoms with Crippen LogP contribution in [0.15, 0.2) is 97.1 Å². The number of non-ortho nitro benzene ring substituents is 1. The molecule has 0 aromatic heterocycles. The summed E-state index contributed by atoms with van der Waals surface area (Å²) in [6.07, 6.45) is 2.13. The molecule has 0 amide bonds. The molecular weight excluding hydrogens is 432 g/mol. The molecule has 6 rings (SSSR count). The van der Waals surface area contributed by atoms with E-state index in [0.29, 0.717) is 0 Å². The number of nitro groups is 1. The van der Waals surface area contributed by atoms with E-state index in [1.165, 1.54) is 27.8 Å². The van der Waals surface area contributed by atoms with Gasteiger partial charge in [0.25, 0.3) is 5.69 Å². The summed E-state index contributed by atoms with van der Waals surface area (Å²) in [5.74, 6) is 0. The Bertz CT molecular complexity index is 1360. The first-order chi connectivity index (χ1) is 17.0. The average Bonchev–Trinajstić information content (AvgIpc) is 3.67. The first kappa shape index (κ1) is 21.6. The second kappa shape index (κ2) is 7.81. The summed E-state index contributed by atoms with van der Waals surface area (Å²) >= 11 is 0. The van der Waals surface area contributed by atoms with Gasteiger partial charge in [0.1, 0.15) is 0 Å². The quantitative estimate of drug-likeness (QED) is 0.253. The van der Waals surface area contributed by atoms with E-state index in [0.717, 1.165) is 24.1 Å². The van der Waals surface area contributed by atoms with Gasteiger partial charge in [-0.25, -0.2) is 0 Å². The van der Waals surface area contributed by atoms with Crippen LogP contribution in [0.5, 0.6) is 0 Å². The highest BCUT2D eigenvalue weighted by Gasteiger charge is 2.67. The van der Waals surface area contributed by atoms with Crippen LogP contribution in [0.3, 0.4) is 0 Å². The molecule has 1 saturated carbocycles. The third kappa shape index (κ3) is 3.13. The summed E-state index contributed by atoms with van der Waals surface area (Å²) in [5, 5.41) is 15.2. The zero-order valence-corrected chi connectivity index (χ0v) is 20.0. The molecule has 1 aliphatic heterocycles. The van der Waals surface area contributed by atoms with Crippen molar-refractivity contribution in [2.45, 2.75) is 38.1 Å². The van der Waals surface area contributed by atoms with Crippen molar-refractivity contribution >= 4 is 11.4 Å². The molecule has 0 saturated heterocycles. The number of benzene rings is 4. The van der Waals surface area contributed by atoms with Gasteiger partial charge >= 0.3 is 0 Å². The van der Waals surface area contributed by atoms with Gasteiger partial charge in [-0.15, -0.1) is 0 Å².